The maximum Gasteiger partial charge on any atom is 0.217 e. The molecular weight excluding hydrogens is 358 g/mol. The van der Waals surface area contributed by atoms with Crippen LogP contribution in [0.1, 0.15) is 6.92 Å². The summed E-state index contributed by atoms with van der Waals surface area (Å²) in [5.41, 5.74) is -2.65. The fourth-order valence-corrected chi connectivity index (χ4v) is 3.42. The van der Waals surface area contributed by atoms with Crippen molar-refractivity contribution in [2.24, 2.45) is 0 Å². The van der Waals surface area contributed by atoms with Gasteiger partial charge in [0.25, 0.3) is 0 Å². The number of hydrogen-bond donors (Lipinski definition) is 9. The van der Waals surface area contributed by atoms with Crippen LogP contribution < -0.4 is 5.32 Å². The Bertz CT molecular complexity index is 505. The molecule has 0 saturated carbocycles. The highest BCUT2D eigenvalue weighted by Crippen LogP contribution is 2.38. The first-order valence-corrected chi connectivity index (χ1v) is 8.02. The average molecular weight is 383 g/mol. The highest BCUT2D eigenvalue weighted by molar-refractivity contribution is 5.73. The van der Waals surface area contributed by atoms with E-state index in [0.717, 1.165) is 6.92 Å². The summed E-state index contributed by atoms with van der Waals surface area (Å²) < 4.78 is 10.2. The smallest absolute Gasteiger partial charge is 0.217 e. The number of carbonyl (C=O) groups is 1. The Labute approximate surface area is 148 Å². The molecule has 0 radical (unpaired) electrons. The highest BCUT2D eigenvalue weighted by Gasteiger charge is 2.64. The largest absolute Gasteiger partial charge is 0.394 e. The topological polar surface area (TPSA) is 209 Å². The standard InChI is InChI=1S/C14H25NO11/c1-4(18)15-10-13(23)26-6(3-17)11(22)14(10,24)12-9(21)8(20)7(19)5(2-16)25-12/h5-13,16-17,19-24H,2-3H2,1H3,(H,15,18)/t5-,6-,7+,8+,9-,10-,11+,12-,13+,14-/m0/s1. The van der Waals surface area contributed by atoms with E-state index in [1.165, 1.54) is 0 Å². The Morgan fingerprint density at radius 3 is 2.04 bits per heavy atom. The van der Waals surface area contributed by atoms with Gasteiger partial charge < -0.3 is 55.6 Å². The van der Waals surface area contributed by atoms with Crippen molar-refractivity contribution in [1.82, 2.24) is 5.32 Å². The van der Waals surface area contributed by atoms with Gasteiger partial charge in [-0.3, -0.25) is 4.79 Å². The van der Waals surface area contributed by atoms with Crippen molar-refractivity contribution in [2.45, 2.75) is 67.6 Å². The van der Waals surface area contributed by atoms with Crippen LogP contribution in [0.15, 0.2) is 0 Å². The number of aliphatic hydroxyl groups is 8. The summed E-state index contributed by atoms with van der Waals surface area (Å²) in [5, 5.41) is 82.6. The molecule has 12 nitrogen and oxygen atoms in total. The zero-order valence-corrected chi connectivity index (χ0v) is 13.9. The Morgan fingerprint density at radius 1 is 0.962 bits per heavy atom. The van der Waals surface area contributed by atoms with E-state index in [0.29, 0.717) is 0 Å². The van der Waals surface area contributed by atoms with Crippen molar-refractivity contribution in [3.8, 4) is 0 Å². The SMILES string of the molecule is CC(=O)N[C@H]1[C@H](O)O[C@@H](CO)[C@@H](O)[C@]1(O)[C@H]1O[C@@H](CO)[C@@H](O)[C@@H](O)[C@@H]1O. The Balaban J connectivity index is 2.47. The van der Waals surface area contributed by atoms with Gasteiger partial charge in [0.15, 0.2) is 6.29 Å². The van der Waals surface area contributed by atoms with Crippen LogP contribution in [-0.4, -0.2) is 121 Å². The van der Waals surface area contributed by atoms with Crippen LogP contribution in [0.25, 0.3) is 0 Å². The Morgan fingerprint density at radius 2 is 1.54 bits per heavy atom. The van der Waals surface area contributed by atoms with Crippen molar-refractivity contribution in [3.63, 3.8) is 0 Å². The fourth-order valence-electron chi connectivity index (χ4n) is 3.42. The van der Waals surface area contributed by atoms with Gasteiger partial charge in [0.1, 0.15) is 54.4 Å². The molecule has 0 aliphatic carbocycles. The number of hydrogen-bond acceptors (Lipinski definition) is 11. The minimum atomic E-state index is -2.65. The molecule has 2 heterocycles. The second kappa shape index (κ2) is 7.98. The molecule has 152 valence electrons. The fraction of sp³-hybridized carbons (Fsp3) is 0.929. The lowest BCUT2D eigenvalue weighted by Crippen LogP contribution is -2.80. The molecule has 10 atom stereocenters. The normalized spacial score (nSPS) is 49.7. The first kappa shape index (κ1) is 21.4. The molecule has 2 rings (SSSR count). The summed E-state index contributed by atoms with van der Waals surface area (Å²) in [5.74, 6) is -0.727. The summed E-state index contributed by atoms with van der Waals surface area (Å²) in [6, 6.07) is -1.72. The average Bonchev–Trinajstić information content (AvgIpc) is 2.60. The van der Waals surface area contributed by atoms with Crippen LogP contribution in [0, 0.1) is 0 Å². The van der Waals surface area contributed by atoms with Gasteiger partial charge >= 0.3 is 0 Å². The molecule has 0 spiro atoms. The Kier molecular flexibility index (Phi) is 6.56. The molecule has 12 heteroatoms. The third-order valence-corrected chi connectivity index (χ3v) is 4.81. The molecule has 9 N–H and O–H groups in total. The molecule has 2 saturated heterocycles. The van der Waals surface area contributed by atoms with Gasteiger partial charge in [0, 0.05) is 6.92 Å². The van der Waals surface area contributed by atoms with Crippen LogP contribution in [0.3, 0.4) is 0 Å². The zero-order chi connectivity index (χ0) is 19.8. The molecule has 0 bridgehead atoms. The monoisotopic (exact) mass is 383 g/mol. The van der Waals surface area contributed by atoms with E-state index in [9.17, 15) is 45.6 Å². The summed E-state index contributed by atoms with van der Waals surface area (Å²) >= 11 is 0. The van der Waals surface area contributed by atoms with Crippen LogP contribution in [0.2, 0.25) is 0 Å². The summed E-state index contributed by atoms with van der Waals surface area (Å²) in [6.45, 7) is -0.559. The molecule has 2 aliphatic heterocycles. The van der Waals surface area contributed by atoms with Crippen LogP contribution >= 0.6 is 0 Å². The minimum Gasteiger partial charge on any atom is -0.394 e. The molecule has 0 unspecified atom stereocenters. The third kappa shape index (κ3) is 3.45. The number of ether oxygens (including phenoxy) is 2. The summed E-state index contributed by atoms with van der Waals surface area (Å²) in [7, 11) is 0. The third-order valence-electron chi connectivity index (χ3n) is 4.81. The maximum atomic E-state index is 11.5. The lowest BCUT2D eigenvalue weighted by molar-refractivity contribution is -0.343. The number of aliphatic hydroxyl groups excluding tert-OH is 7. The number of nitrogens with one attached hydrogen (secondary N) is 1. The van der Waals surface area contributed by atoms with Gasteiger partial charge in [0.2, 0.25) is 5.91 Å². The van der Waals surface area contributed by atoms with Crippen molar-refractivity contribution in [2.75, 3.05) is 13.2 Å². The van der Waals surface area contributed by atoms with E-state index < -0.39 is 79.8 Å². The van der Waals surface area contributed by atoms with Gasteiger partial charge in [-0.1, -0.05) is 0 Å². The number of carbonyl (C=O) groups excluding carboxylic acids is 1. The predicted molar refractivity (Wildman–Crippen MR) is 80.3 cm³/mol. The minimum absolute atomic E-state index is 0.727. The molecule has 2 aliphatic rings. The van der Waals surface area contributed by atoms with Gasteiger partial charge in [-0.05, 0) is 0 Å². The quantitative estimate of drug-likeness (QED) is 0.223. The highest BCUT2D eigenvalue weighted by atomic mass is 16.6. The van der Waals surface area contributed by atoms with E-state index in [1.54, 1.807) is 0 Å². The lowest BCUT2D eigenvalue weighted by atomic mass is 9.73. The molecule has 0 aromatic heterocycles. The maximum absolute atomic E-state index is 11.5. The molecule has 26 heavy (non-hydrogen) atoms. The van der Waals surface area contributed by atoms with Gasteiger partial charge in [-0.15, -0.1) is 0 Å². The van der Waals surface area contributed by atoms with Crippen LogP contribution in [-0.2, 0) is 14.3 Å². The molecule has 2 fully saturated rings. The summed E-state index contributed by atoms with van der Waals surface area (Å²) in [4.78, 5) is 11.5. The summed E-state index contributed by atoms with van der Waals surface area (Å²) in [6.07, 6.45) is -14.2. The van der Waals surface area contributed by atoms with Gasteiger partial charge in [0.05, 0.1) is 13.2 Å². The van der Waals surface area contributed by atoms with E-state index in [1.807, 2.05) is 0 Å². The molecular formula is C14H25NO11. The lowest BCUT2D eigenvalue weighted by Gasteiger charge is -2.55. The van der Waals surface area contributed by atoms with Crippen molar-refractivity contribution >= 4 is 5.91 Å². The molecule has 0 aromatic carbocycles. The Hall–Kier alpha value is -0.930. The number of amides is 1. The first-order valence-electron chi connectivity index (χ1n) is 8.02. The number of rotatable bonds is 4. The molecule has 0 aromatic rings. The van der Waals surface area contributed by atoms with E-state index in [4.69, 9.17) is 9.47 Å². The van der Waals surface area contributed by atoms with Crippen molar-refractivity contribution in [1.29, 1.82) is 0 Å². The van der Waals surface area contributed by atoms with Crippen LogP contribution in [0.4, 0.5) is 0 Å². The van der Waals surface area contributed by atoms with E-state index in [2.05, 4.69) is 5.32 Å². The van der Waals surface area contributed by atoms with Crippen LogP contribution in [0.5, 0.6) is 0 Å². The second-order valence-electron chi connectivity index (χ2n) is 6.51. The van der Waals surface area contributed by atoms with E-state index >= 15 is 0 Å². The van der Waals surface area contributed by atoms with Gasteiger partial charge in [-0.2, -0.15) is 0 Å². The van der Waals surface area contributed by atoms with Gasteiger partial charge in [-0.25, -0.2) is 0 Å². The molecule has 1 amide bonds. The first-order chi connectivity index (χ1) is 12.1. The van der Waals surface area contributed by atoms with E-state index in [-0.39, 0.29) is 0 Å². The zero-order valence-electron chi connectivity index (χ0n) is 13.9. The van der Waals surface area contributed by atoms with Crippen molar-refractivity contribution < 1.29 is 55.1 Å². The van der Waals surface area contributed by atoms with Crippen molar-refractivity contribution in [3.05, 3.63) is 0 Å². The predicted octanol–water partition coefficient (Wildman–Crippen LogP) is -5.86. The second-order valence-corrected chi connectivity index (χ2v) is 6.51.